The van der Waals surface area contributed by atoms with Gasteiger partial charge in [0.2, 0.25) is 5.91 Å². The van der Waals surface area contributed by atoms with E-state index in [1.165, 1.54) is 16.7 Å². The molecule has 0 radical (unpaired) electrons. The number of halogens is 4. The average Bonchev–Trinajstić information content (AvgIpc) is 3.00. The monoisotopic (exact) mass is 684 g/mol. The number of nitrogens with zero attached hydrogens (tertiary/aromatic N) is 6. The molecule has 2 atom stereocenters. The Balaban J connectivity index is 1.75. The number of nitrogen functional groups attached to an aromatic ring is 1. The van der Waals surface area contributed by atoms with Crippen LogP contribution in [0.2, 0.25) is 15.1 Å². The maximum absolute atomic E-state index is 15.8. The van der Waals surface area contributed by atoms with Crippen LogP contribution in [0, 0.1) is 12.7 Å². The Morgan fingerprint density at radius 2 is 1.96 bits per heavy atom. The topological polar surface area (TPSA) is 122 Å². The molecule has 14 heteroatoms. The summed E-state index contributed by atoms with van der Waals surface area (Å²) in [5.41, 5.74) is 7.88. The van der Waals surface area contributed by atoms with Gasteiger partial charge in [-0.2, -0.15) is 4.98 Å². The zero-order chi connectivity index (χ0) is 33.2. The Morgan fingerprint density at radius 3 is 2.65 bits per heavy atom. The van der Waals surface area contributed by atoms with Gasteiger partial charge in [0.05, 0.1) is 54.5 Å². The first-order chi connectivity index (χ1) is 21.8. The molecule has 3 aromatic heterocycles. The summed E-state index contributed by atoms with van der Waals surface area (Å²) in [5, 5.41) is 3.69. The molecule has 10 nitrogen and oxygen atoms in total. The molecule has 240 valence electrons. The molecular weight excluding hydrogens is 654 g/mol. The number of benzene rings is 1. The maximum Gasteiger partial charge on any atom is 0.355 e. The zero-order valence-electron chi connectivity index (χ0n) is 25.7. The first kappa shape index (κ1) is 32.0. The number of aryl methyl sites for hydroxylation is 1. The van der Waals surface area contributed by atoms with Gasteiger partial charge in [-0.15, -0.1) is 0 Å². The minimum Gasteiger partial charge on any atom is -0.397 e. The van der Waals surface area contributed by atoms with Gasteiger partial charge < -0.3 is 20.9 Å². The lowest BCUT2D eigenvalue weighted by Crippen LogP contribution is -2.60. The highest BCUT2D eigenvalue weighted by Crippen LogP contribution is 2.47. The number of rotatable bonds is 4. The van der Waals surface area contributed by atoms with Gasteiger partial charge in [-0.25, -0.2) is 18.7 Å². The second-order valence-corrected chi connectivity index (χ2v) is 13.1. The smallest absolute Gasteiger partial charge is 0.355 e. The Bertz CT molecular complexity index is 1970. The van der Waals surface area contributed by atoms with E-state index in [-0.39, 0.29) is 61.6 Å². The lowest BCUT2D eigenvalue weighted by molar-refractivity contribution is -0.128. The van der Waals surface area contributed by atoms with Crippen molar-refractivity contribution in [2.45, 2.75) is 52.1 Å². The van der Waals surface area contributed by atoms with Crippen LogP contribution in [-0.4, -0.2) is 62.0 Å². The third kappa shape index (κ3) is 5.05. The van der Waals surface area contributed by atoms with Crippen LogP contribution >= 0.6 is 34.8 Å². The molecule has 2 aliphatic rings. The van der Waals surface area contributed by atoms with Crippen LogP contribution in [0.4, 0.5) is 21.6 Å². The van der Waals surface area contributed by atoms with E-state index in [9.17, 15) is 9.59 Å². The van der Waals surface area contributed by atoms with E-state index in [4.69, 9.17) is 45.5 Å². The van der Waals surface area contributed by atoms with E-state index in [1.807, 2.05) is 32.6 Å². The lowest BCUT2D eigenvalue weighted by atomic mass is 10.00. The predicted octanol–water partition coefficient (Wildman–Crippen LogP) is 6.36. The highest BCUT2D eigenvalue weighted by molar-refractivity contribution is 6.40. The van der Waals surface area contributed by atoms with E-state index in [0.717, 1.165) is 5.56 Å². The average molecular weight is 686 g/mol. The summed E-state index contributed by atoms with van der Waals surface area (Å²) >= 11 is 19.7. The van der Waals surface area contributed by atoms with E-state index in [0.29, 0.717) is 54.3 Å². The summed E-state index contributed by atoms with van der Waals surface area (Å²) in [6.07, 6.45) is 3.57. The first-order valence-electron chi connectivity index (χ1n) is 14.8. The summed E-state index contributed by atoms with van der Waals surface area (Å²) in [4.78, 5) is 45.0. The SMILES string of the molecule is C=CC(=O)N1CC2CCNc3c(Cl)c(-c4c(N)c(Cl)cc(Cl)c4F)nc4c3c(nc(=O)n4-c3c(C)ccnc3C(C)C)N2CC1C. The number of pyridine rings is 2. The van der Waals surface area contributed by atoms with Gasteiger partial charge in [-0.05, 0) is 50.0 Å². The fourth-order valence-electron chi connectivity index (χ4n) is 6.41. The minimum absolute atomic E-state index is 0.0248. The summed E-state index contributed by atoms with van der Waals surface area (Å²) in [7, 11) is 0. The molecule has 5 heterocycles. The number of nitrogens with one attached hydrogen (secondary N) is 1. The van der Waals surface area contributed by atoms with Crippen molar-refractivity contribution in [2.24, 2.45) is 0 Å². The Morgan fingerprint density at radius 1 is 1.22 bits per heavy atom. The maximum atomic E-state index is 15.8. The van der Waals surface area contributed by atoms with Crippen molar-refractivity contribution in [3.63, 3.8) is 0 Å². The van der Waals surface area contributed by atoms with Crippen LogP contribution < -0.4 is 21.6 Å². The second kappa shape index (κ2) is 12.0. The molecule has 6 rings (SSSR count). The van der Waals surface area contributed by atoms with Crippen LogP contribution in [0.3, 0.4) is 0 Å². The van der Waals surface area contributed by atoms with Crippen molar-refractivity contribution in [3.8, 4) is 16.9 Å². The predicted molar refractivity (Wildman–Crippen MR) is 182 cm³/mol. The van der Waals surface area contributed by atoms with E-state index >= 15 is 4.39 Å². The largest absolute Gasteiger partial charge is 0.397 e. The van der Waals surface area contributed by atoms with Crippen LogP contribution in [0.15, 0.2) is 35.8 Å². The number of carbonyl (C=O) groups excluding carboxylic acids is 1. The van der Waals surface area contributed by atoms with Crippen molar-refractivity contribution < 1.29 is 9.18 Å². The number of carbonyl (C=O) groups is 1. The highest BCUT2D eigenvalue weighted by Gasteiger charge is 2.38. The molecular formula is C32H32Cl3FN8O2. The molecule has 46 heavy (non-hydrogen) atoms. The zero-order valence-corrected chi connectivity index (χ0v) is 27.9. The van der Waals surface area contributed by atoms with Gasteiger partial charge in [0, 0.05) is 37.9 Å². The molecule has 1 fully saturated rings. The van der Waals surface area contributed by atoms with Crippen molar-refractivity contribution >= 4 is 68.9 Å². The summed E-state index contributed by atoms with van der Waals surface area (Å²) in [5.74, 6) is -0.734. The fraction of sp³-hybridized carbons (Fsp3) is 0.344. The number of aromatic nitrogens is 4. The molecule has 4 aromatic rings. The number of nitrogens with two attached hydrogens (primary N) is 1. The van der Waals surface area contributed by atoms with Gasteiger partial charge in [0.25, 0.3) is 0 Å². The summed E-state index contributed by atoms with van der Waals surface area (Å²) < 4.78 is 17.2. The van der Waals surface area contributed by atoms with Crippen molar-refractivity contribution in [3.05, 3.63) is 73.6 Å². The quantitative estimate of drug-likeness (QED) is 0.145. The number of amides is 1. The molecule has 0 saturated carbocycles. The lowest BCUT2D eigenvalue weighted by Gasteiger charge is -2.46. The number of hydrogen-bond donors (Lipinski definition) is 2. The van der Waals surface area contributed by atoms with Gasteiger partial charge in [0.1, 0.15) is 5.82 Å². The molecule has 0 bridgehead atoms. The fourth-order valence-corrected chi connectivity index (χ4v) is 7.17. The van der Waals surface area contributed by atoms with Gasteiger partial charge in [0.15, 0.2) is 11.5 Å². The second-order valence-electron chi connectivity index (χ2n) is 11.9. The molecule has 0 spiro atoms. The van der Waals surface area contributed by atoms with Gasteiger partial charge in [-0.3, -0.25) is 9.78 Å². The first-order valence-corrected chi connectivity index (χ1v) is 16.0. The van der Waals surface area contributed by atoms with Crippen LogP contribution in [-0.2, 0) is 4.79 Å². The highest BCUT2D eigenvalue weighted by atomic mass is 35.5. The Kier molecular flexibility index (Phi) is 8.37. The molecule has 1 saturated heterocycles. The Labute approximate surface area is 280 Å². The van der Waals surface area contributed by atoms with E-state index in [1.54, 1.807) is 17.2 Å². The van der Waals surface area contributed by atoms with Gasteiger partial charge in [-0.1, -0.05) is 55.2 Å². The van der Waals surface area contributed by atoms with Crippen LogP contribution in [0.5, 0.6) is 0 Å². The molecule has 1 amide bonds. The number of piperazine rings is 1. The third-order valence-corrected chi connectivity index (χ3v) is 9.62. The number of anilines is 3. The molecule has 2 aliphatic heterocycles. The third-order valence-electron chi connectivity index (χ3n) is 8.67. The minimum atomic E-state index is -0.851. The van der Waals surface area contributed by atoms with E-state index in [2.05, 4.69) is 21.9 Å². The molecule has 0 aliphatic carbocycles. The number of hydrogen-bond acceptors (Lipinski definition) is 8. The summed E-state index contributed by atoms with van der Waals surface area (Å²) in [6.45, 7) is 12.6. The van der Waals surface area contributed by atoms with Gasteiger partial charge >= 0.3 is 5.69 Å². The number of fused-ring (bicyclic) bond motifs is 2. The van der Waals surface area contributed by atoms with Crippen molar-refractivity contribution in [1.29, 1.82) is 0 Å². The summed E-state index contributed by atoms with van der Waals surface area (Å²) in [6, 6.07) is 2.62. The van der Waals surface area contributed by atoms with Crippen LogP contribution in [0.1, 0.15) is 44.4 Å². The van der Waals surface area contributed by atoms with Crippen molar-refractivity contribution in [2.75, 3.05) is 35.6 Å². The van der Waals surface area contributed by atoms with Crippen LogP contribution in [0.25, 0.3) is 28.0 Å². The molecule has 2 unspecified atom stereocenters. The van der Waals surface area contributed by atoms with Crippen molar-refractivity contribution in [1.82, 2.24) is 24.4 Å². The Hall–Kier alpha value is -3.93. The molecule has 3 N–H and O–H groups in total. The molecule has 1 aromatic carbocycles. The normalized spacial score (nSPS) is 17.8. The standard InChI is InChI=1S/C32H32Cl3FN8O2/c1-6-20(45)42-13-17-8-10-39-27-22-30(43(17)12-16(42)5)41-32(46)44(29-15(4)7-9-38-26(29)14(2)3)31(22)40-28(23(27)35)21-24(36)18(33)11-19(34)25(21)37/h6-7,9,11,14,16-17,39H,1,8,10,12-13,37H2,2-5H3. The van der Waals surface area contributed by atoms with E-state index < -0.39 is 11.5 Å².